The normalized spacial score (nSPS) is 20.7. The van der Waals surface area contributed by atoms with Crippen LogP contribution in [0.2, 0.25) is 0 Å². The number of aryl methyl sites for hydroxylation is 1. The van der Waals surface area contributed by atoms with Gasteiger partial charge >= 0.3 is 6.03 Å². The third-order valence-corrected chi connectivity index (χ3v) is 4.32. The molecule has 0 bridgehead atoms. The number of hydrogen-bond acceptors (Lipinski definition) is 2. The molecule has 1 unspecified atom stereocenters. The monoisotopic (exact) mass is 308 g/mol. The van der Waals surface area contributed by atoms with Crippen LogP contribution in [-0.4, -0.2) is 23.4 Å². The van der Waals surface area contributed by atoms with Crippen LogP contribution in [0.25, 0.3) is 0 Å². The van der Waals surface area contributed by atoms with Gasteiger partial charge in [0.2, 0.25) is 0 Å². The Morgan fingerprint density at radius 2 is 1.57 bits per heavy atom. The molecule has 4 heteroatoms. The predicted molar refractivity (Wildman–Crippen MR) is 88.8 cm³/mol. The largest absolute Gasteiger partial charge is 0.325 e. The van der Waals surface area contributed by atoms with Crippen LogP contribution >= 0.6 is 0 Å². The third-order valence-electron chi connectivity index (χ3n) is 4.32. The van der Waals surface area contributed by atoms with E-state index in [2.05, 4.69) is 17.4 Å². The lowest BCUT2D eigenvalue weighted by atomic mass is 9.92. The maximum Gasteiger partial charge on any atom is 0.325 e. The van der Waals surface area contributed by atoms with Crippen molar-refractivity contribution in [3.8, 4) is 0 Å². The highest BCUT2D eigenvalue weighted by atomic mass is 16.2. The molecule has 23 heavy (non-hydrogen) atoms. The summed E-state index contributed by atoms with van der Waals surface area (Å²) in [6.45, 7) is 2.20. The van der Waals surface area contributed by atoms with E-state index in [1.165, 1.54) is 10.5 Å². The Kier molecular flexibility index (Phi) is 4.15. The molecule has 0 saturated carbocycles. The summed E-state index contributed by atoms with van der Waals surface area (Å²) >= 11 is 0. The van der Waals surface area contributed by atoms with Crippen LogP contribution < -0.4 is 5.32 Å². The Hall–Kier alpha value is -2.62. The lowest BCUT2D eigenvalue weighted by Gasteiger charge is -2.22. The van der Waals surface area contributed by atoms with Crippen LogP contribution in [-0.2, 0) is 16.8 Å². The quantitative estimate of drug-likeness (QED) is 0.863. The molecule has 3 amide bonds. The van der Waals surface area contributed by atoms with E-state index in [-0.39, 0.29) is 11.9 Å². The zero-order chi connectivity index (χ0) is 16.3. The van der Waals surface area contributed by atoms with Gasteiger partial charge in [0.25, 0.3) is 5.91 Å². The molecule has 2 aromatic carbocycles. The van der Waals surface area contributed by atoms with Crippen molar-refractivity contribution in [2.75, 3.05) is 6.54 Å². The van der Waals surface area contributed by atoms with Gasteiger partial charge in [-0.3, -0.25) is 9.69 Å². The highest BCUT2D eigenvalue weighted by Gasteiger charge is 2.48. The molecule has 1 heterocycles. The van der Waals surface area contributed by atoms with Gasteiger partial charge in [-0.05, 0) is 30.9 Å². The summed E-state index contributed by atoms with van der Waals surface area (Å²) < 4.78 is 0. The summed E-state index contributed by atoms with van der Waals surface area (Å²) in [5.41, 5.74) is 1.06. The zero-order valence-electron chi connectivity index (χ0n) is 13.2. The van der Waals surface area contributed by atoms with E-state index >= 15 is 0 Å². The molecular formula is C19H20N2O2. The topological polar surface area (TPSA) is 49.4 Å². The lowest BCUT2D eigenvalue weighted by molar-refractivity contribution is -0.131. The number of amides is 3. The molecule has 1 aliphatic heterocycles. The highest BCUT2D eigenvalue weighted by Crippen LogP contribution is 2.28. The van der Waals surface area contributed by atoms with Crippen LogP contribution in [0.15, 0.2) is 60.7 Å². The molecule has 2 aromatic rings. The van der Waals surface area contributed by atoms with E-state index in [9.17, 15) is 9.59 Å². The van der Waals surface area contributed by atoms with Crippen molar-refractivity contribution in [1.82, 2.24) is 10.2 Å². The van der Waals surface area contributed by atoms with Crippen molar-refractivity contribution >= 4 is 11.9 Å². The first-order valence-electron chi connectivity index (χ1n) is 7.85. The van der Waals surface area contributed by atoms with Crippen LogP contribution in [0.5, 0.6) is 0 Å². The number of nitrogens with one attached hydrogen (secondary N) is 1. The van der Waals surface area contributed by atoms with Crippen LogP contribution in [0.3, 0.4) is 0 Å². The number of hydrogen-bond donors (Lipinski definition) is 1. The lowest BCUT2D eigenvalue weighted by Crippen LogP contribution is -2.40. The average molecular weight is 308 g/mol. The summed E-state index contributed by atoms with van der Waals surface area (Å²) in [6, 6.07) is 19.1. The van der Waals surface area contributed by atoms with Crippen LogP contribution in [0.4, 0.5) is 4.79 Å². The van der Waals surface area contributed by atoms with Gasteiger partial charge in [-0.1, -0.05) is 60.7 Å². The number of carbonyl (C=O) groups is 2. The Labute approximate surface area is 136 Å². The summed E-state index contributed by atoms with van der Waals surface area (Å²) in [7, 11) is 0. The summed E-state index contributed by atoms with van der Waals surface area (Å²) in [5, 5.41) is 2.83. The molecular weight excluding hydrogens is 288 g/mol. The molecule has 0 aromatic heterocycles. The fourth-order valence-corrected chi connectivity index (χ4v) is 2.95. The zero-order valence-corrected chi connectivity index (χ0v) is 13.2. The molecule has 0 radical (unpaired) electrons. The van der Waals surface area contributed by atoms with E-state index in [1.54, 1.807) is 6.92 Å². The third kappa shape index (κ3) is 2.97. The van der Waals surface area contributed by atoms with Gasteiger partial charge < -0.3 is 5.32 Å². The van der Waals surface area contributed by atoms with Gasteiger partial charge in [0.1, 0.15) is 5.54 Å². The maximum absolute atomic E-state index is 12.7. The van der Waals surface area contributed by atoms with Gasteiger partial charge in [-0.15, -0.1) is 0 Å². The van der Waals surface area contributed by atoms with E-state index in [0.717, 1.165) is 18.4 Å². The first-order valence-corrected chi connectivity index (χ1v) is 7.85. The number of rotatable bonds is 5. The van der Waals surface area contributed by atoms with Crippen molar-refractivity contribution in [2.45, 2.75) is 25.3 Å². The van der Waals surface area contributed by atoms with Gasteiger partial charge in [-0.25, -0.2) is 4.79 Å². The fourth-order valence-electron chi connectivity index (χ4n) is 2.95. The molecule has 1 aliphatic rings. The average Bonchev–Trinajstić information content (AvgIpc) is 2.81. The second-order valence-corrected chi connectivity index (χ2v) is 5.97. The van der Waals surface area contributed by atoms with Gasteiger partial charge in [0.05, 0.1) is 0 Å². The Morgan fingerprint density at radius 1 is 0.957 bits per heavy atom. The number of carbonyl (C=O) groups excluding carboxylic acids is 2. The van der Waals surface area contributed by atoms with Crippen LogP contribution in [0, 0.1) is 0 Å². The standard InChI is InChI=1S/C19H20N2O2/c1-19(16-12-6-3-7-13-16)17(22)21(18(23)20-19)14-8-11-15-9-4-2-5-10-15/h2-7,9-10,12-13H,8,11,14H2,1H3,(H,20,23). The molecule has 1 saturated heterocycles. The highest BCUT2D eigenvalue weighted by molar-refractivity contribution is 6.07. The number of imide groups is 1. The summed E-state index contributed by atoms with van der Waals surface area (Å²) in [5.74, 6) is -0.179. The molecule has 1 fully saturated rings. The van der Waals surface area contributed by atoms with Gasteiger partial charge in [0, 0.05) is 6.54 Å². The Bertz CT molecular complexity index is 700. The van der Waals surface area contributed by atoms with E-state index in [1.807, 2.05) is 48.5 Å². The Balaban J connectivity index is 1.67. The smallest absolute Gasteiger partial charge is 0.319 e. The van der Waals surface area contributed by atoms with Gasteiger partial charge in [-0.2, -0.15) is 0 Å². The second-order valence-electron chi connectivity index (χ2n) is 5.97. The number of nitrogens with zero attached hydrogens (tertiary/aromatic N) is 1. The number of urea groups is 1. The molecule has 118 valence electrons. The number of benzene rings is 2. The fraction of sp³-hybridized carbons (Fsp3) is 0.263. The van der Waals surface area contributed by atoms with Crippen molar-refractivity contribution in [3.63, 3.8) is 0 Å². The molecule has 1 N–H and O–H groups in total. The van der Waals surface area contributed by atoms with Crippen LogP contribution in [0.1, 0.15) is 24.5 Å². The van der Waals surface area contributed by atoms with Crippen molar-refractivity contribution < 1.29 is 9.59 Å². The Morgan fingerprint density at radius 3 is 2.22 bits per heavy atom. The first-order chi connectivity index (χ1) is 11.1. The maximum atomic E-state index is 12.7. The molecule has 4 nitrogen and oxygen atoms in total. The van der Waals surface area contributed by atoms with Crippen molar-refractivity contribution in [1.29, 1.82) is 0 Å². The SMILES string of the molecule is CC1(c2ccccc2)NC(=O)N(CCCc2ccccc2)C1=O. The van der Waals surface area contributed by atoms with Gasteiger partial charge in [0.15, 0.2) is 0 Å². The minimum Gasteiger partial charge on any atom is -0.319 e. The summed E-state index contributed by atoms with van der Waals surface area (Å²) in [6.07, 6.45) is 1.61. The van der Waals surface area contributed by atoms with E-state index < -0.39 is 5.54 Å². The summed E-state index contributed by atoms with van der Waals surface area (Å²) in [4.78, 5) is 26.3. The minimum atomic E-state index is -0.967. The molecule has 1 atom stereocenters. The van der Waals surface area contributed by atoms with E-state index in [4.69, 9.17) is 0 Å². The molecule has 0 spiro atoms. The first kappa shape index (κ1) is 15.3. The second kappa shape index (κ2) is 6.24. The predicted octanol–water partition coefficient (Wildman–Crippen LogP) is 3.09. The van der Waals surface area contributed by atoms with E-state index in [0.29, 0.717) is 6.54 Å². The van der Waals surface area contributed by atoms with Crippen molar-refractivity contribution in [3.05, 3.63) is 71.8 Å². The minimum absolute atomic E-state index is 0.179. The van der Waals surface area contributed by atoms with Crippen molar-refractivity contribution in [2.24, 2.45) is 0 Å². The molecule has 0 aliphatic carbocycles. The molecule has 3 rings (SSSR count).